The second-order valence-corrected chi connectivity index (χ2v) is 4.06. The first-order valence-corrected chi connectivity index (χ1v) is 5.75. The Morgan fingerprint density at radius 3 is 2.74 bits per heavy atom. The average Bonchev–Trinajstić information content (AvgIpc) is 2.37. The lowest BCUT2D eigenvalue weighted by molar-refractivity contribution is -0.139. The Labute approximate surface area is 110 Å². The molecule has 0 spiro atoms. The van der Waals surface area contributed by atoms with Crippen molar-refractivity contribution < 1.29 is 23.8 Å². The number of methoxy groups -OCH3 is 1. The van der Waals surface area contributed by atoms with E-state index in [1.807, 2.05) is 0 Å². The van der Waals surface area contributed by atoms with E-state index in [1.165, 1.54) is 32.2 Å². The maximum atomic E-state index is 13.3. The predicted octanol–water partition coefficient (Wildman–Crippen LogP) is 1.35. The number of carboxylic acid groups (broad SMARTS) is 1. The second kappa shape index (κ2) is 6.84. The molecule has 5 nitrogen and oxygen atoms in total. The summed E-state index contributed by atoms with van der Waals surface area (Å²) in [4.78, 5) is 22.9. The van der Waals surface area contributed by atoms with E-state index < -0.39 is 23.7 Å². The van der Waals surface area contributed by atoms with Gasteiger partial charge in [0, 0.05) is 25.7 Å². The first kappa shape index (κ1) is 15.1. The maximum Gasteiger partial charge on any atom is 0.326 e. The Balaban J connectivity index is 2.82. The molecule has 0 aliphatic heterocycles. The van der Waals surface area contributed by atoms with Crippen molar-refractivity contribution in [2.75, 3.05) is 13.7 Å². The first-order valence-electron chi connectivity index (χ1n) is 5.75. The van der Waals surface area contributed by atoms with Gasteiger partial charge in [-0.1, -0.05) is 6.07 Å². The third kappa shape index (κ3) is 4.03. The third-order valence-corrected chi connectivity index (χ3v) is 2.73. The molecular formula is C13H16FNO4. The van der Waals surface area contributed by atoms with E-state index in [1.54, 1.807) is 0 Å². The molecule has 0 aromatic heterocycles. The quantitative estimate of drug-likeness (QED) is 0.817. The van der Waals surface area contributed by atoms with Crippen LogP contribution < -0.4 is 5.32 Å². The summed E-state index contributed by atoms with van der Waals surface area (Å²) in [6, 6.07) is 3.03. The summed E-state index contributed by atoms with van der Waals surface area (Å²) in [5.41, 5.74) is 0.319. The zero-order valence-corrected chi connectivity index (χ0v) is 10.8. The summed E-state index contributed by atoms with van der Waals surface area (Å²) >= 11 is 0. The van der Waals surface area contributed by atoms with Crippen LogP contribution in [0.5, 0.6) is 0 Å². The minimum atomic E-state index is -1.15. The van der Waals surface area contributed by atoms with Gasteiger partial charge in [-0.2, -0.15) is 0 Å². The topological polar surface area (TPSA) is 75.6 Å². The number of hydrogen-bond acceptors (Lipinski definition) is 3. The summed E-state index contributed by atoms with van der Waals surface area (Å²) in [6.45, 7) is 1.68. The minimum Gasteiger partial charge on any atom is -0.480 e. The summed E-state index contributed by atoms with van der Waals surface area (Å²) in [5.74, 6) is -2.27. The number of benzene rings is 1. The molecule has 0 saturated heterocycles. The molecule has 0 radical (unpaired) electrons. The summed E-state index contributed by atoms with van der Waals surface area (Å²) < 4.78 is 18.1. The largest absolute Gasteiger partial charge is 0.480 e. The Kier molecular flexibility index (Phi) is 5.44. The number of hydrogen-bond donors (Lipinski definition) is 2. The Hall–Kier alpha value is -1.95. The fraction of sp³-hybridized carbons (Fsp3) is 0.385. The first-order chi connectivity index (χ1) is 8.97. The highest BCUT2D eigenvalue weighted by Gasteiger charge is 2.21. The molecule has 1 atom stereocenters. The number of nitrogens with one attached hydrogen (secondary N) is 1. The van der Waals surface area contributed by atoms with Crippen LogP contribution in [0.4, 0.5) is 4.39 Å². The molecule has 1 amide bonds. The molecule has 104 valence electrons. The summed E-state index contributed by atoms with van der Waals surface area (Å²) in [7, 11) is 1.44. The van der Waals surface area contributed by atoms with Crippen LogP contribution in [0.1, 0.15) is 22.3 Å². The maximum absolute atomic E-state index is 13.3. The van der Waals surface area contributed by atoms with Gasteiger partial charge in [-0.05, 0) is 24.6 Å². The number of carboxylic acids is 1. The van der Waals surface area contributed by atoms with E-state index in [2.05, 4.69) is 5.32 Å². The molecule has 0 aliphatic carbocycles. The molecule has 0 fully saturated rings. The molecule has 1 aromatic carbocycles. The van der Waals surface area contributed by atoms with Gasteiger partial charge in [-0.3, -0.25) is 4.79 Å². The van der Waals surface area contributed by atoms with Gasteiger partial charge in [0.25, 0.3) is 5.91 Å². The molecule has 0 heterocycles. The van der Waals surface area contributed by atoms with E-state index in [0.29, 0.717) is 0 Å². The lowest BCUT2D eigenvalue weighted by Gasteiger charge is -2.15. The van der Waals surface area contributed by atoms with Gasteiger partial charge in [0.05, 0.1) is 0 Å². The minimum absolute atomic E-state index is 0.128. The van der Waals surface area contributed by atoms with Gasteiger partial charge in [-0.25, -0.2) is 9.18 Å². The van der Waals surface area contributed by atoms with E-state index >= 15 is 0 Å². The van der Waals surface area contributed by atoms with Gasteiger partial charge < -0.3 is 15.2 Å². The molecule has 6 heteroatoms. The van der Waals surface area contributed by atoms with Crippen LogP contribution in [0.2, 0.25) is 0 Å². The molecule has 0 saturated carbocycles. The Bertz CT molecular complexity index is 476. The zero-order chi connectivity index (χ0) is 14.4. The van der Waals surface area contributed by atoms with Crippen molar-refractivity contribution in [3.8, 4) is 0 Å². The Morgan fingerprint density at radius 1 is 1.47 bits per heavy atom. The van der Waals surface area contributed by atoms with Gasteiger partial charge in [0.2, 0.25) is 0 Å². The van der Waals surface area contributed by atoms with Crippen molar-refractivity contribution in [1.29, 1.82) is 0 Å². The average molecular weight is 269 g/mol. The van der Waals surface area contributed by atoms with Crippen LogP contribution in [0.25, 0.3) is 0 Å². The van der Waals surface area contributed by atoms with Gasteiger partial charge in [0.15, 0.2) is 0 Å². The fourth-order valence-corrected chi connectivity index (χ4v) is 1.58. The van der Waals surface area contributed by atoms with Crippen LogP contribution >= 0.6 is 0 Å². The summed E-state index contributed by atoms with van der Waals surface area (Å²) in [5, 5.41) is 11.3. The molecule has 0 bridgehead atoms. The predicted molar refractivity (Wildman–Crippen MR) is 66.5 cm³/mol. The van der Waals surface area contributed by atoms with Crippen molar-refractivity contribution in [3.63, 3.8) is 0 Å². The number of rotatable bonds is 6. The smallest absolute Gasteiger partial charge is 0.326 e. The van der Waals surface area contributed by atoms with Crippen molar-refractivity contribution in [3.05, 3.63) is 35.1 Å². The van der Waals surface area contributed by atoms with Crippen LogP contribution in [0.15, 0.2) is 18.2 Å². The van der Waals surface area contributed by atoms with Gasteiger partial charge in [0.1, 0.15) is 11.9 Å². The highest BCUT2D eigenvalue weighted by molar-refractivity contribution is 5.97. The number of carbonyl (C=O) groups is 2. The number of amides is 1. The van der Waals surface area contributed by atoms with Crippen molar-refractivity contribution in [2.24, 2.45) is 0 Å². The van der Waals surface area contributed by atoms with Crippen LogP contribution in [-0.2, 0) is 9.53 Å². The second-order valence-electron chi connectivity index (χ2n) is 4.06. The Morgan fingerprint density at radius 2 is 2.16 bits per heavy atom. The van der Waals surface area contributed by atoms with Crippen molar-refractivity contribution in [1.82, 2.24) is 5.32 Å². The van der Waals surface area contributed by atoms with Crippen LogP contribution in [-0.4, -0.2) is 36.7 Å². The number of halogens is 1. The normalized spacial score (nSPS) is 11.9. The molecule has 1 rings (SSSR count). The molecular weight excluding hydrogens is 253 g/mol. The molecule has 1 unspecified atom stereocenters. The van der Waals surface area contributed by atoms with E-state index in [0.717, 1.165) is 0 Å². The molecule has 0 aliphatic rings. The van der Waals surface area contributed by atoms with E-state index in [-0.39, 0.29) is 24.2 Å². The van der Waals surface area contributed by atoms with E-state index in [9.17, 15) is 14.0 Å². The number of carbonyl (C=O) groups excluding carboxylic acids is 1. The number of aliphatic carboxylic acids is 1. The highest BCUT2D eigenvalue weighted by Crippen LogP contribution is 2.12. The SMILES string of the molecule is COCCC(NC(=O)c1cccc(F)c1C)C(=O)O. The monoisotopic (exact) mass is 269 g/mol. The number of ether oxygens (including phenoxy) is 1. The third-order valence-electron chi connectivity index (χ3n) is 2.73. The van der Waals surface area contributed by atoms with Gasteiger partial charge in [-0.15, -0.1) is 0 Å². The van der Waals surface area contributed by atoms with Crippen molar-refractivity contribution in [2.45, 2.75) is 19.4 Å². The van der Waals surface area contributed by atoms with E-state index in [4.69, 9.17) is 9.84 Å². The van der Waals surface area contributed by atoms with Crippen LogP contribution in [0.3, 0.4) is 0 Å². The standard InChI is InChI=1S/C13H16FNO4/c1-8-9(4-3-5-10(8)14)12(16)15-11(13(17)18)6-7-19-2/h3-5,11H,6-7H2,1-2H3,(H,15,16)(H,17,18). The molecule has 1 aromatic rings. The van der Waals surface area contributed by atoms with Gasteiger partial charge >= 0.3 is 5.97 Å². The molecule has 2 N–H and O–H groups in total. The lowest BCUT2D eigenvalue weighted by atomic mass is 10.1. The highest BCUT2D eigenvalue weighted by atomic mass is 19.1. The zero-order valence-electron chi connectivity index (χ0n) is 10.8. The lowest BCUT2D eigenvalue weighted by Crippen LogP contribution is -2.41. The fourth-order valence-electron chi connectivity index (χ4n) is 1.58. The summed E-state index contributed by atoms with van der Waals surface area (Å²) in [6.07, 6.45) is 0.145. The molecule has 19 heavy (non-hydrogen) atoms. The van der Waals surface area contributed by atoms with Crippen LogP contribution in [0, 0.1) is 12.7 Å². The van der Waals surface area contributed by atoms with Crippen molar-refractivity contribution >= 4 is 11.9 Å².